The van der Waals surface area contributed by atoms with Crippen LogP contribution in [0.1, 0.15) is 10.4 Å². The number of amides is 2. The van der Waals surface area contributed by atoms with E-state index in [9.17, 15) is 19.8 Å². The summed E-state index contributed by atoms with van der Waals surface area (Å²) >= 11 is 0. The molecule has 8 nitrogen and oxygen atoms in total. The highest BCUT2D eigenvalue weighted by Gasteiger charge is 2.46. The van der Waals surface area contributed by atoms with E-state index in [1.807, 2.05) is 0 Å². The zero-order chi connectivity index (χ0) is 18.0. The molecule has 2 aliphatic heterocycles. The number of hydrogen-bond donors (Lipinski definition) is 4. The molecular weight excluding hydrogens is 328 g/mol. The van der Waals surface area contributed by atoms with Gasteiger partial charge in [0.05, 0.1) is 6.61 Å². The maximum atomic E-state index is 12.2. The van der Waals surface area contributed by atoms with Crippen LogP contribution in [0.15, 0.2) is 54.4 Å². The van der Waals surface area contributed by atoms with Gasteiger partial charge in [0.2, 0.25) is 0 Å². The van der Waals surface area contributed by atoms with Gasteiger partial charge in [-0.2, -0.15) is 0 Å². The van der Waals surface area contributed by atoms with E-state index in [1.165, 1.54) is 18.4 Å². The zero-order valence-corrected chi connectivity index (χ0v) is 13.1. The smallest absolute Gasteiger partial charge is 0.328 e. The Morgan fingerprint density at radius 1 is 1.24 bits per heavy atom. The number of urea groups is 1. The van der Waals surface area contributed by atoms with Crippen molar-refractivity contribution >= 4 is 11.8 Å². The molecule has 132 valence electrons. The largest absolute Gasteiger partial charge is 0.394 e. The first-order valence-corrected chi connectivity index (χ1v) is 7.72. The second kappa shape index (κ2) is 7.16. The molecule has 1 aromatic rings. The molecule has 1 saturated heterocycles. The van der Waals surface area contributed by atoms with E-state index < -0.39 is 37.2 Å². The van der Waals surface area contributed by atoms with Crippen LogP contribution in [0.25, 0.3) is 0 Å². The summed E-state index contributed by atoms with van der Waals surface area (Å²) in [6.07, 6.45) is -0.636. The maximum Gasteiger partial charge on any atom is 0.328 e. The van der Waals surface area contributed by atoms with Crippen LogP contribution >= 0.6 is 0 Å². The molecule has 0 aromatic heterocycles. The summed E-state index contributed by atoms with van der Waals surface area (Å²) in [6, 6.07) is 7.99. The monoisotopic (exact) mass is 346 g/mol. The minimum absolute atomic E-state index is 0.262. The molecule has 3 rings (SSSR count). The minimum atomic E-state index is -1.36. The third-order valence-corrected chi connectivity index (χ3v) is 4.04. The Labute approximate surface area is 143 Å². The number of ether oxygens (including phenoxy) is 1. The topological polar surface area (TPSA) is 119 Å². The number of aliphatic hydroxyl groups excluding tert-OH is 3. The molecule has 0 bridgehead atoms. The molecule has 4 atom stereocenters. The molecule has 2 aliphatic rings. The van der Waals surface area contributed by atoms with Gasteiger partial charge >= 0.3 is 6.03 Å². The van der Waals surface area contributed by atoms with Gasteiger partial charge in [0.15, 0.2) is 12.0 Å². The van der Waals surface area contributed by atoms with Crippen LogP contribution < -0.4 is 5.32 Å². The van der Waals surface area contributed by atoms with Crippen molar-refractivity contribution in [3.05, 3.63) is 59.9 Å². The highest BCUT2D eigenvalue weighted by Crippen LogP contribution is 2.25. The Bertz CT molecular complexity index is 717. The van der Waals surface area contributed by atoms with Crippen LogP contribution in [0.5, 0.6) is 0 Å². The lowest BCUT2D eigenvalue weighted by Crippen LogP contribution is -2.49. The molecule has 0 saturated carbocycles. The summed E-state index contributed by atoms with van der Waals surface area (Å²) in [7, 11) is 0. The number of ketones is 1. The number of nitrogens with one attached hydrogen (secondary N) is 1. The zero-order valence-electron chi connectivity index (χ0n) is 13.1. The lowest BCUT2D eigenvalue weighted by molar-refractivity contribution is -0.0652. The van der Waals surface area contributed by atoms with Crippen molar-refractivity contribution in [1.82, 2.24) is 10.2 Å². The first-order valence-electron chi connectivity index (χ1n) is 7.72. The number of carbonyl (C=O) groups excluding carboxylic acids is 2. The number of hydrogen-bond acceptors (Lipinski definition) is 6. The van der Waals surface area contributed by atoms with Gasteiger partial charge in [-0.1, -0.05) is 30.3 Å². The van der Waals surface area contributed by atoms with E-state index in [1.54, 1.807) is 30.3 Å². The Kier molecular flexibility index (Phi) is 4.95. The summed E-state index contributed by atoms with van der Waals surface area (Å²) in [5.41, 5.74) is 0.783. The van der Waals surface area contributed by atoms with Gasteiger partial charge in [0.25, 0.3) is 0 Å². The molecular formula is C17H18N2O6. The molecule has 0 spiro atoms. The van der Waals surface area contributed by atoms with Crippen LogP contribution in [0.3, 0.4) is 0 Å². The van der Waals surface area contributed by atoms with E-state index in [0.29, 0.717) is 11.3 Å². The summed E-state index contributed by atoms with van der Waals surface area (Å²) in [4.78, 5) is 25.4. The molecule has 25 heavy (non-hydrogen) atoms. The Morgan fingerprint density at radius 2 is 1.96 bits per heavy atom. The quantitative estimate of drug-likeness (QED) is 0.440. The maximum absolute atomic E-state index is 12.2. The molecule has 0 radical (unpaired) electrons. The van der Waals surface area contributed by atoms with Crippen LogP contribution in [-0.4, -0.2) is 63.2 Å². The molecule has 2 heterocycles. The van der Waals surface area contributed by atoms with Crippen molar-refractivity contribution in [2.24, 2.45) is 0 Å². The third kappa shape index (κ3) is 3.47. The van der Waals surface area contributed by atoms with Crippen molar-refractivity contribution < 1.29 is 29.6 Å². The normalized spacial score (nSPS) is 30.6. The van der Waals surface area contributed by atoms with E-state index in [4.69, 9.17) is 9.84 Å². The summed E-state index contributed by atoms with van der Waals surface area (Å²) < 4.78 is 5.31. The number of nitrogens with zero attached hydrogens (tertiary/aromatic N) is 1. The summed E-state index contributed by atoms with van der Waals surface area (Å²) in [5.74, 6) is -0.262. The number of allylic oxidation sites excluding steroid dienone is 2. The average molecular weight is 346 g/mol. The fourth-order valence-electron chi connectivity index (χ4n) is 2.68. The predicted molar refractivity (Wildman–Crippen MR) is 86.1 cm³/mol. The Morgan fingerprint density at radius 3 is 2.56 bits per heavy atom. The first-order chi connectivity index (χ1) is 12.0. The summed E-state index contributed by atoms with van der Waals surface area (Å²) in [5, 5.41) is 31.4. The van der Waals surface area contributed by atoms with Gasteiger partial charge < -0.3 is 25.4 Å². The van der Waals surface area contributed by atoms with Crippen LogP contribution in [0.4, 0.5) is 4.79 Å². The molecule has 0 unspecified atom stereocenters. The second-order valence-corrected chi connectivity index (χ2v) is 5.71. The molecule has 4 N–H and O–H groups in total. The van der Waals surface area contributed by atoms with Crippen LogP contribution in [-0.2, 0) is 4.74 Å². The highest BCUT2D eigenvalue weighted by atomic mass is 16.6. The van der Waals surface area contributed by atoms with E-state index >= 15 is 0 Å². The van der Waals surface area contributed by atoms with Crippen molar-refractivity contribution in [2.75, 3.05) is 6.61 Å². The number of carbonyl (C=O) groups is 2. The van der Waals surface area contributed by atoms with E-state index in [2.05, 4.69) is 5.32 Å². The highest BCUT2D eigenvalue weighted by molar-refractivity contribution is 6.05. The fraction of sp³-hybridized carbons (Fsp3) is 0.294. The van der Waals surface area contributed by atoms with Gasteiger partial charge in [-0.05, 0) is 6.08 Å². The van der Waals surface area contributed by atoms with Crippen molar-refractivity contribution in [2.45, 2.75) is 24.5 Å². The number of benzene rings is 1. The second-order valence-electron chi connectivity index (χ2n) is 5.71. The predicted octanol–water partition coefficient (Wildman–Crippen LogP) is -0.269. The number of rotatable bonds is 4. The Balaban J connectivity index is 1.74. The van der Waals surface area contributed by atoms with Gasteiger partial charge in [0.1, 0.15) is 18.3 Å². The Hall–Kier alpha value is -2.52. The van der Waals surface area contributed by atoms with Gasteiger partial charge in [-0.25, -0.2) is 4.79 Å². The number of aliphatic hydroxyl groups is 3. The van der Waals surface area contributed by atoms with Crippen molar-refractivity contribution in [3.63, 3.8) is 0 Å². The first kappa shape index (κ1) is 17.3. The third-order valence-electron chi connectivity index (χ3n) is 4.04. The lowest BCUT2D eigenvalue weighted by Gasteiger charge is -2.30. The van der Waals surface area contributed by atoms with Crippen molar-refractivity contribution in [3.8, 4) is 0 Å². The van der Waals surface area contributed by atoms with Crippen LogP contribution in [0.2, 0.25) is 0 Å². The van der Waals surface area contributed by atoms with Gasteiger partial charge in [-0.15, -0.1) is 0 Å². The van der Waals surface area contributed by atoms with Crippen LogP contribution in [0, 0.1) is 0 Å². The molecule has 2 amide bonds. The van der Waals surface area contributed by atoms with Crippen molar-refractivity contribution in [1.29, 1.82) is 0 Å². The molecule has 0 aliphatic carbocycles. The fourth-order valence-corrected chi connectivity index (χ4v) is 2.68. The molecule has 8 heteroatoms. The molecule has 1 fully saturated rings. The van der Waals surface area contributed by atoms with Gasteiger partial charge in [-0.3, -0.25) is 9.69 Å². The van der Waals surface area contributed by atoms with Gasteiger partial charge in [0, 0.05) is 23.5 Å². The standard InChI is InChI=1S/C17H18N2O6/c20-9-13-14(22)15(23)16(25-13)19-7-6-11(18-17(19)24)8-12(21)10-4-2-1-3-5-10/h1-8,13-16,20,22-23H,9H2,(H,18,24)/b11-8+/t13-,14-,15-,16-/m1/s1. The SMILES string of the molecule is O=C(/C=C1\C=CN([C@@H]2O[C@H](CO)[C@@H](O)[C@H]2O)C(=O)N1)c1ccccc1. The van der Waals surface area contributed by atoms with E-state index in [0.717, 1.165) is 4.90 Å². The average Bonchev–Trinajstić information content (AvgIpc) is 2.91. The van der Waals surface area contributed by atoms with E-state index in [-0.39, 0.29) is 5.78 Å². The minimum Gasteiger partial charge on any atom is -0.394 e. The summed E-state index contributed by atoms with van der Waals surface area (Å²) in [6.45, 7) is -0.482. The molecule has 1 aromatic carbocycles. The lowest BCUT2D eigenvalue weighted by atomic mass is 10.1.